The average molecular weight is 378 g/mol. The number of carbonyl (C=O) groups is 1. The summed E-state index contributed by atoms with van der Waals surface area (Å²) in [6.45, 7) is 4.56. The number of benzene rings is 2. The monoisotopic (exact) mass is 377 g/mol. The van der Waals surface area contributed by atoms with Crippen LogP contribution in [0.2, 0.25) is 5.02 Å². The third kappa shape index (κ3) is 5.64. The Kier molecular flexibility index (Phi) is 7.30. The number of halogens is 1. The predicted octanol–water partition coefficient (Wildman–Crippen LogP) is 4.13. The smallest absolute Gasteiger partial charge is 0.320 e. The van der Waals surface area contributed by atoms with Gasteiger partial charge in [0.05, 0.1) is 7.11 Å². The topological polar surface area (TPSA) is 67.8 Å². The number of ether oxygens (including phenoxy) is 2. The first-order valence-corrected chi connectivity index (χ1v) is 8.79. The zero-order chi connectivity index (χ0) is 19.1. The molecule has 1 atom stereocenters. The third-order valence-electron chi connectivity index (χ3n) is 3.97. The maximum atomic E-state index is 11.3. The van der Waals surface area contributed by atoms with Crippen LogP contribution in [-0.2, 0) is 17.9 Å². The highest BCUT2D eigenvalue weighted by molar-refractivity contribution is 6.30. The lowest BCUT2D eigenvalue weighted by Gasteiger charge is -2.18. The van der Waals surface area contributed by atoms with Crippen LogP contribution < -0.4 is 14.8 Å². The number of nitrogens with one attached hydrogen (secondary N) is 1. The summed E-state index contributed by atoms with van der Waals surface area (Å²) in [5.74, 6) is 0.362. The zero-order valence-corrected chi connectivity index (χ0v) is 15.9. The van der Waals surface area contributed by atoms with E-state index in [1.165, 1.54) is 0 Å². The summed E-state index contributed by atoms with van der Waals surface area (Å²) in [5.41, 5.74) is 1.88. The normalized spacial score (nSPS) is 12.0. The summed E-state index contributed by atoms with van der Waals surface area (Å²) in [4.78, 5) is 11.3. The highest BCUT2D eigenvalue weighted by Crippen LogP contribution is 2.29. The minimum atomic E-state index is -0.853. The molecule has 0 heterocycles. The molecule has 0 bridgehead atoms. The minimum absolute atomic E-state index is 0.00491. The lowest BCUT2D eigenvalue weighted by Crippen LogP contribution is -2.40. The van der Waals surface area contributed by atoms with Crippen LogP contribution in [0.1, 0.15) is 25.0 Å². The van der Waals surface area contributed by atoms with Crippen molar-refractivity contribution in [3.8, 4) is 11.5 Å². The van der Waals surface area contributed by atoms with Crippen LogP contribution in [0.5, 0.6) is 11.5 Å². The van der Waals surface area contributed by atoms with Crippen LogP contribution in [0.4, 0.5) is 0 Å². The maximum Gasteiger partial charge on any atom is 0.320 e. The molecule has 0 aliphatic rings. The Bertz CT molecular complexity index is 748. The molecule has 2 rings (SSSR count). The van der Waals surface area contributed by atoms with Crippen molar-refractivity contribution < 1.29 is 19.4 Å². The summed E-state index contributed by atoms with van der Waals surface area (Å²) in [6, 6.07) is 12.4. The minimum Gasteiger partial charge on any atom is -0.493 e. The summed E-state index contributed by atoms with van der Waals surface area (Å²) >= 11 is 5.98. The highest BCUT2D eigenvalue weighted by Gasteiger charge is 2.20. The Morgan fingerprint density at radius 2 is 1.92 bits per heavy atom. The van der Waals surface area contributed by atoms with Gasteiger partial charge in [-0.1, -0.05) is 43.6 Å². The summed E-state index contributed by atoms with van der Waals surface area (Å²) in [7, 11) is 1.58. The van der Waals surface area contributed by atoms with Gasteiger partial charge in [0.25, 0.3) is 0 Å². The second-order valence-corrected chi connectivity index (χ2v) is 6.78. The molecule has 6 heteroatoms. The Balaban J connectivity index is 2.03. The zero-order valence-electron chi connectivity index (χ0n) is 15.2. The molecule has 0 aromatic heterocycles. The van der Waals surface area contributed by atoms with Gasteiger partial charge in [0.2, 0.25) is 0 Å². The fourth-order valence-corrected chi connectivity index (χ4v) is 2.78. The van der Waals surface area contributed by atoms with Gasteiger partial charge in [-0.3, -0.25) is 4.79 Å². The number of hydrogen-bond donors (Lipinski definition) is 2. The van der Waals surface area contributed by atoms with Crippen LogP contribution >= 0.6 is 11.6 Å². The molecule has 0 aliphatic heterocycles. The van der Waals surface area contributed by atoms with Crippen molar-refractivity contribution in [3.05, 3.63) is 58.6 Å². The number of aliphatic carboxylic acids is 1. The lowest BCUT2D eigenvalue weighted by atomic mass is 10.0. The summed E-state index contributed by atoms with van der Waals surface area (Å²) < 4.78 is 11.2. The van der Waals surface area contributed by atoms with Gasteiger partial charge in [-0.15, -0.1) is 0 Å². The van der Waals surface area contributed by atoms with Gasteiger partial charge >= 0.3 is 5.97 Å². The van der Waals surface area contributed by atoms with Gasteiger partial charge in [-0.05, 0) is 41.3 Å². The molecule has 0 aliphatic carbocycles. The van der Waals surface area contributed by atoms with Gasteiger partial charge < -0.3 is 19.9 Å². The maximum absolute atomic E-state index is 11.3. The Morgan fingerprint density at radius 1 is 1.15 bits per heavy atom. The molecule has 5 nitrogen and oxygen atoms in total. The van der Waals surface area contributed by atoms with Gasteiger partial charge in [0.15, 0.2) is 11.5 Å². The molecule has 0 amide bonds. The van der Waals surface area contributed by atoms with E-state index >= 15 is 0 Å². The van der Waals surface area contributed by atoms with E-state index in [0.717, 1.165) is 11.1 Å². The second kappa shape index (κ2) is 9.46. The molecular formula is C20H24ClNO4. The molecular weight excluding hydrogens is 354 g/mol. The quantitative estimate of drug-likeness (QED) is 0.687. The Labute approximate surface area is 158 Å². The Morgan fingerprint density at radius 3 is 2.54 bits per heavy atom. The van der Waals surface area contributed by atoms with E-state index in [1.54, 1.807) is 7.11 Å². The van der Waals surface area contributed by atoms with E-state index in [2.05, 4.69) is 5.32 Å². The number of methoxy groups -OCH3 is 1. The number of rotatable bonds is 9. The van der Waals surface area contributed by atoms with Crippen molar-refractivity contribution in [2.75, 3.05) is 7.11 Å². The van der Waals surface area contributed by atoms with E-state index in [0.29, 0.717) is 29.7 Å². The van der Waals surface area contributed by atoms with Crippen LogP contribution in [0.3, 0.4) is 0 Å². The lowest BCUT2D eigenvalue weighted by molar-refractivity contribution is -0.140. The van der Waals surface area contributed by atoms with E-state index in [1.807, 2.05) is 56.3 Å². The standard InChI is InChI=1S/C20H24ClNO4/c1-13(2)19(20(23)24)22-11-14-7-8-17(18(10-14)25-3)26-12-15-5-4-6-16(21)9-15/h4-10,13,19,22H,11-12H2,1-3H3,(H,23,24). The Hall–Kier alpha value is -2.24. The van der Waals surface area contributed by atoms with Crippen LogP contribution in [0, 0.1) is 5.92 Å². The fourth-order valence-electron chi connectivity index (χ4n) is 2.57. The molecule has 0 saturated carbocycles. The van der Waals surface area contributed by atoms with E-state index in [9.17, 15) is 9.90 Å². The summed E-state index contributed by atoms with van der Waals surface area (Å²) in [6.07, 6.45) is 0. The van der Waals surface area contributed by atoms with Gasteiger partial charge in [0.1, 0.15) is 12.6 Å². The second-order valence-electron chi connectivity index (χ2n) is 6.34. The molecule has 1 unspecified atom stereocenters. The molecule has 2 aromatic carbocycles. The molecule has 0 fully saturated rings. The van der Waals surface area contributed by atoms with E-state index < -0.39 is 12.0 Å². The van der Waals surface area contributed by atoms with Crippen LogP contribution in [0.25, 0.3) is 0 Å². The molecule has 0 spiro atoms. The SMILES string of the molecule is COc1cc(CNC(C(=O)O)C(C)C)ccc1OCc1cccc(Cl)c1. The first-order chi connectivity index (χ1) is 12.4. The van der Waals surface area contributed by atoms with Crippen molar-refractivity contribution in [2.45, 2.75) is 33.0 Å². The largest absolute Gasteiger partial charge is 0.493 e. The molecule has 2 N–H and O–H groups in total. The first-order valence-electron chi connectivity index (χ1n) is 8.41. The van der Waals surface area contributed by atoms with Gasteiger partial charge in [-0.25, -0.2) is 0 Å². The van der Waals surface area contributed by atoms with E-state index in [-0.39, 0.29) is 5.92 Å². The third-order valence-corrected chi connectivity index (χ3v) is 4.21. The molecule has 26 heavy (non-hydrogen) atoms. The molecule has 140 valence electrons. The number of hydrogen-bond acceptors (Lipinski definition) is 4. The van der Waals surface area contributed by atoms with Crippen LogP contribution in [-0.4, -0.2) is 24.2 Å². The average Bonchev–Trinajstić information content (AvgIpc) is 2.60. The van der Waals surface area contributed by atoms with Crippen molar-refractivity contribution in [2.24, 2.45) is 5.92 Å². The highest BCUT2D eigenvalue weighted by atomic mass is 35.5. The predicted molar refractivity (Wildman–Crippen MR) is 102 cm³/mol. The summed E-state index contributed by atoms with van der Waals surface area (Å²) in [5, 5.41) is 13.0. The van der Waals surface area contributed by atoms with Crippen molar-refractivity contribution >= 4 is 17.6 Å². The van der Waals surface area contributed by atoms with Gasteiger partial charge in [0, 0.05) is 11.6 Å². The van der Waals surface area contributed by atoms with Crippen molar-refractivity contribution in [3.63, 3.8) is 0 Å². The van der Waals surface area contributed by atoms with Crippen molar-refractivity contribution in [1.29, 1.82) is 0 Å². The molecule has 2 aromatic rings. The number of carboxylic acid groups (broad SMARTS) is 1. The number of carboxylic acids is 1. The van der Waals surface area contributed by atoms with E-state index in [4.69, 9.17) is 21.1 Å². The molecule has 0 radical (unpaired) electrons. The first kappa shape index (κ1) is 20.1. The van der Waals surface area contributed by atoms with Crippen LogP contribution in [0.15, 0.2) is 42.5 Å². The van der Waals surface area contributed by atoms with Crippen molar-refractivity contribution in [1.82, 2.24) is 5.32 Å². The van der Waals surface area contributed by atoms with Gasteiger partial charge in [-0.2, -0.15) is 0 Å². The fraction of sp³-hybridized carbons (Fsp3) is 0.350. The molecule has 0 saturated heterocycles.